The van der Waals surface area contributed by atoms with Crippen molar-refractivity contribution in [2.45, 2.75) is 6.42 Å². The summed E-state index contributed by atoms with van der Waals surface area (Å²) >= 11 is 3.36. The van der Waals surface area contributed by atoms with Crippen LogP contribution in [0.4, 0.5) is 4.79 Å². The first-order chi connectivity index (χ1) is 6.29. The second kappa shape index (κ2) is 3.38. The van der Waals surface area contributed by atoms with Gasteiger partial charge in [-0.3, -0.25) is 0 Å². The molecule has 0 fully saturated rings. The van der Waals surface area contributed by atoms with Crippen molar-refractivity contribution in [1.82, 2.24) is 0 Å². The van der Waals surface area contributed by atoms with E-state index >= 15 is 0 Å². The SMILES string of the molecule is O=C1N=c2ccc(CCBr)cc2=N1. The summed E-state index contributed by atoms with van der Waals surface area (Å²) in [6.45, 7) is 0. The van der Waals surface area contributed by atoms with Gasteiger partial charge in [0.25, 0.3) is 0 Å². The number of halogens is 1. The minimum absolute atomic E-state index is 0.397. The van der Waals surface area contributed by atoms with Crippen LogP contribution in [-0.2, 0) is 6.42 Å². The normalized spacial score (nSPS) is 13.5. The minimum Gasteiger partial charge on any atom is -0.244 e. The summed E-state index contributed by atoms with van der Waals surface area (Å²) in [5, 5.41) is 2.29. The van der Waals surface area contributed by atoms with Crippen LogP contribution >= 0.6 is 15.9 Å². The van der Waals surface area contributed by atoms with E-state index in [4.69, 9.17) is 0 Å². The van der Waals surface area contributed by atoms with Crippen LogP contribution in [0.2, 0.25) is 0 Å². The quantitative estimate of drug-likeness (QED) is 0.709. The number of aryl methyl sites for hydroxylation is 1. The van der Waals surface area contributed by atoms with E-state index < -0.39 is 6.03 Å². The van der Waals surface area contributed by atoms with E-state index in [1.165, 1.54) is 5.56 Å². The number of fused-ring (bicyclic) bond motifs is 1. The third-order valence-electron chi connectivity index (χ3n) is 1.86. The summed E-state index contributed by atoms with van der Waals surface area (Å²) in [6, 6.07) is 5.32. The summed E-state index contributed by atoms with van der Waals surface area (Å²) in [6.07, 6.45) is 0.941. The Morgan fingerprint density at radius 2 is 2.00 bits per heavy atom. The first-order valence-corrected chi connectivity index (χ1v) is 5.08. The maximum absolute atomic E-state index is 10.8. The number of hydrogen-bond acceptors (Lipinski definition) is 1. The Morgan fingerprint density at radius 3 is 2.77 bits per heavy atom. The molecule has 2 amide bonds. The number of carbonyl (C=O) groups is 1. The van der Waals surface area contributed by atoms with Crippen molar-refractivity contribution >= 4 is 22.0 Å². The first kappa shape index (κ1) is 8.56. The number of benzene rings is 1. The van der Waals surface area contributed by atoms with Crippen molar-refractivity contribution in [2.24, 2.45) is 9.98 Å². The molecule has 0 bridgehead atoms. The van der Waals surface area contributed by atoms with Gasteiger partial charge in [0, 0.05) is 5.33 Å². The molecule has 13 heavy (non-hydrogen) atoms. The fraction of sp³-hybridized carbons (Fsp3) is 0.222. The van der Waals surface area contributed by atoms with Crippen LogP contribution in [0.25, 0.3) is 0 Å². The van der Waals surface area contributed by atoms with E-state index in [-0.39, 0.29) is 0 Å². The van der Waals surface area contributed by atoms with Gasteiger partial charge in [-0.05, 0) is 24.1 Å². The van der Waals surface area contributed by atoms with Crippen LogP contribution in [0.3, 0.4) is 0 Å². The lowest BCUT2D eigenvalue weighted by molar-refractivity contribution is 0.256. The Labute approximate surface area is 83.3 Å². The molecule has 0 aliphatic carbocycles. The standard InChI is InChI=1S/C9H7BrN2O/c10-4-3-6-1-2-7-8(5-6)12-9(13)11-7/h1-2,5H,3-4H2. The van der Waals surface area contributed by atoms with Crippen LogP contribution in [-0.4, -0.2) is 11.4 Å². The zero-order valence-corrected chi connectivity index (χ0v) is 8.41. The molecule has 1 aromatic carbocycles. The summed E-state index contributed by atoms with van der Waals surface area (Å²) in [4.78, 5) is 18.3. The predicted molar refractivity (Wildman–Crippen MR) is 51.6 cm³/mol. The lowest BCUT2D eigenvalue weighted by Crippen LogP contribution is -2.21. The minimum atomic E-state index is -0.397. The summed E-state index contributed by atoms with van der Waals surface area (Å²) in [7, 11) is 0. The van der Waals surface area contributed by atoms with Crippen molar-refractivity contribution in [3.8, 4) is 0 Å². The van der Waals surface area contributed by atoms with E-state index in [0.29, 0.717) is 10.7 Å². The highest BCUT2D eigenvalue weighted by atomic mass is 79.9. The molecule has 2 rings (SSSR count). The van der Waals surface area contributed by atoms with E-state index in [1.54, 1.807) is 0 Å². The van der Waals surface area contributed by atoms with Crippen molar-refractivity contribution < 1.29 is 4.79 Å². The van der Waals surface area contributed by atoms with Gasteiger partial charge < -0.3 is 0 Å². The monoisotopic (exact) mass is 238 g/mol. The highest BCUT2D eigenvalue weighted by Crippen LogP contribution is 1.98. The second-order valence-corrected chi connectivity index (χ2v) is 3.56. The van der Waals surface area contributed by atoms with E-state index in [9.17, 15) is 4.79 Å². The Hall–Kier alpha value is -1.03. The summed E-state index contributed by atoms with van der Waals surface area (Å²) in [5.74, 6) is 0. The summed E-state index contributed by atoms with van der Waals surface area (Å²) in [5.41, 5.74) is 1.17. The van der Waals surface area contributed by atoms with Gasteiger partial charge in [-0.1, -0.05) is 22.0 Å². The molecule has 4 heteroatoms. The van der Waals surface area contributed by atoms with Crippen molar-refractivity contribution in [3.63, 3.8) is 0 Å². The lowest BCUT2D eigenvalue weighted by Gasteiger charge is -1.93. The number of urea groups is 1. The van der Waals surface area contributed by atoms with Crippen LogP contribution in [0.15, 0.2) is 28.2 Å². The molecule has 3 nitrogen and oxygen atoms in total. The third-order valence-corrected chi connectivity index (χ3v) is 2.25. The molecule has 1 heterocycles. The largest absolute Gasteiger partial charge is 0.368 e. The predicted octanol–water partition coefficient (Wildman–Crippen LogP) is 0.997. The van der Waals surface area contributed by atoms with Crippen LogP contribution < -0.4 is 10.7 Å². The highest BCUT2D eigenvalue weighted by molar-refractivity contribution is 9.09. The topological polar surface area (TPSA) is 41.8 Å². The molecule has 1 aliphatic heterocycles. The van der Waals surface area contributed by atoms with Crippen LogP contribution in [0.5, 0.6) is 0 Å². The van der Waals surface area contributed by atoms with E-state index in [0.717, 1.165) is 11.8 Å². The van der Waals surface area contributed by atoms with Crippen molar-refractivity contribution in [1.29, 1.82) is 0 Å². The van der Waals surface area contributed by atoms with Gasteiger partial charge in [0.1, 0.15) is 0 Å². The fourth-order valence-corrected chi connectivity index (χ4v) is 1.71. The molecule has 1 aliphatic rings. The molecule has 0 saturated carbocycles. The average Bonchev–Trinajstić information content (AvgIpc) is 2.44. The Balaban J connectivity index is 2.53. The zero-order chi connectivity index (χ0) is 9.26. The maximum atomic E-state index is 10.8. The lowest BCUT2D eigenvalue weighted by atomic mass is 10.2. The molecule has 0 N–H and O–H groups in total. The number of amides is 2. The van der Waals surface area contributed by atoms with Gasteiger partial charge >= 0.3 is 6.03 Å². The molecule has 66 valence electrons. The zero-order valence-electron chi connectivity index (χ0n) is 6.83. The van der Waals surface area contributed by atoms with Crippen molar-refractivity contribution in [3.05, 3.63) is 34.5 Å². The number of carbonyl (C=O) groups excluding carboxylic acids is 1. The Morgan fingerprint density at radius 1 is 1.23 bits per heavy atom. The van der Waals surface area contributed by atoms with Gasteiger partial charge in [-0.2, -0.15) is 9.98 Å². The number of hydrogen-bond donors (Lipinski definition) is 0. The van der Waals surface area contributed by atoms with Gasteiger partial charge in [0.15, 0.2) is 0 Å². The third kappa shape index (κ3) is 1.67. The number of rotatable bonds is 2. The molecular formula is C9H7BrN2O. The van der Waals surface area contributed by atoms with Gasteiger partial charge in [0.05, 0.1) is 10.7 Å². The van der Waals surface area contributed by atoms with Gasteiger partial charge in [0.2, 0.25) is 0 Å². The Kier molecular flexibility index (Phi) is 2.22. The molecule has 0 atom stereocenters. The average molecular weight is 239 g/mol. The van der Waals surface area contributed by atoms with E-state index in [1.807, 2.05) is 18.2 Å². The second-order valence-electron chi connectivity index (χ2n) is 2.77. The molecule has 0 aromatic heterocycles. The molecule has 1 aromatic rings. The fourth-order valence-electron chi connectivity index (χ4n) is 1.25. The Bertz CT molecular complexity index is 467. The number of alkyl halides is 1. The smallest absolute Gasteiger partial charge is 0.244 e. The number of nitrogens with zero attached hydrogens (tertiary/aromatic N) is 2. The molecular weight excluding hydrogens is 232 g/mol. The molecule has 0 unspecified atom stereocenters. The van der Waals surface area contributed by atoms with Crippen LogP contribution in [0.1, 0.15) is 5.56 Å². The first-order valence-electron chi connectivity index (χ1n) is 3.96. The van der Waals surface area contributed by atoms with Gasteiger partial charge in [-0.15, -0.1) is 0 Å². The molecule has 0 radical (unpaired) electrons. The van der Waals surface area contributed by atoms with Crippen LogP contribution in [0, 0.1) is 0 Å². The highest BCUT2D eigenvalue weighted by Gasteiger charge is 2.04. The van der Waals surface area contributed by atoms with Gasteiger partial charge in [-0.25, -0.2) is 4.79 Å². The molecule has 0 spiro atoms. The van der Waals surface area contributed by atoms with E-state index in [2.05, 4.69) is 25.9 Å². The van der Waals surface area contributed by atoms with Crippen molar-refractivity contribution in [2.75, 3.05) is 5.33 Å². The maximum Gasteiger partial charge on any atom is 0.368 e. The summed E-state index contributed by atoms with van der Waals surface area (Å²) < 4.78 is 0. The molecule has 0 saturated heterocycles.